The van der Waals surface area contributed by atoms with Crippen molar-refractivity contribution >= 4 is 49.2 Å². The normalized spacial score (nSPS) is 18.2. The molecule has 1 amide bonds. The second kappa shape index (κ2) is 10.1. The lowest BCUT2D eigenvalue weighted by Gasteiger charge is -2.30. The average Bonchev–Trinajstić information content (AvgIpc) is 3.13. The second-order valence-corrected chi connectivity index (χ2v) is 12.4. The summed E-state index contributed by atoms with van der Waals surface area (Å²) in [4.78, 5) is 18.7. The van der Waals surface area contributed by atoms with Crippen molar-refractivity contribution in [3.8, 4) is 0 Å². The molecule has 1 aliphatic rings. The fourth-order valence-corrected chi connectivity index (χ4v) is 7.12. The standard InChI is InChI=1S/C24H29N3O3S3/c1-17-6-9-20(10-7-17)33(29,30)26-12-4-5-19(16-26)23(28)25-24-27(13-14-31-3)21-11-8-18(2)15-22(21)32-24/h6-11,15,19H,4-5,12-14,16H2,1-3H3. The molecule has 0 N–H and O–H groups in total. The van der Waals surface area contributed by atoms with E-state index in [2.05, 4.69) is 40.9 Å². The van der Waals surface area contributed by atoms with Gasteiger partial charge in [-0.1, -0.05) is 35.1 Å². The van der Waals surface area contributed by atoms with Crippen LogP contribution in [-0.2, 0) is 21.4 Å². The van der Waals surface area contributed by atoms with E-state index < -0.39 is 15.9 Å². The van der Waals surface area contributed by atoms with E-state index >= 15 is 0 Å². The lowest BCUT2D eigenvalue weighted by atomic mass is 9.99. The van der Waals surface area contributed by atoms with Crippen molar-refractivity contribution in [1.29, 1.82) is 0 Å². The highest BCUT2D eigenvalue weighted by Gasteiger charge is 2.33. The smallest absolute Gasteiger partial charge is 0.252 e. The summed E-state index contributed by atoms with van der Waals surface area (Å²) < 4.78 is 30.9. The zero-order valence-electron chi connectivity index (χ0n) is 19.2. The van der Waals surface area contributed by atoms with Gasteiger partial charge in [-0.25, -0.2) is 8.42 Å². The van der Waals surface area contributed by atoms with Crippen LogP contribution in [0.2, 0.25) is 0 Å². The van der Waals surface area contributed by atoms with Crippen molar-refractivity contribution < 1.29 is 13.2 Å². The van der Waals surface area contributed by atoms with Crippen LogP contribution in [0.4, 0.5) is 0 Å². The summed E-state index contributed by atoms with van der Waals surface area (Å²) in [5.41, 5.74) is 3.26. The van der Waals surface area contributed by atoms with Gasteiger partial charge in [-0.3, -0.25) is 4.79 Å². The maximum absolute atomic E-state index is 13.2. The van der Waals surface area contributed by atoms with Gasteiger partial charge in [0.25, 0.3) is 5.91 Å². The maximum Gasteiger partial charge on any atom is 0.252 e. The lowest BCUT2D eigenvalue weighted by molar-refractivity contribution is -0.122. The number of nitrogens with zero attached hydrogens (tertiary/aromatic N) is 3. The number of carbonyl (C=O) groups is 1. The number of fused-ring (bicyclic) bond motifs is 1. The summed E-state index contributed by atoms with van der Waals surface area (Å²) in [7, 11) is -3.63. The van der Waals surface area contributed by atoms with E-state index in [4.69, 9.17) is 0 Å². The van der Waals surface area contributed by atoms with Crippen molar-refractivity contribution in [2.24, 2.45) is 10.9 Å². The molecule has 33 heavy (non-hydrogen) atoms. The Labute approximate surface area is 203 Å². The molecule has 6 nitrogen and oxygen atoms in total. The van der Waals surface area contributed by atoms with Crippen LogP contribution in [0.5, 0.6) is 0 Å². The van der Waals surface area contributed by atoms with Gasteiger partial charge in [-0.15, -0.1) is 0 Å². The molecule has 4 rings (SSSR count). The average molecular weight is 504 g/mol. The number of thiazole rings is 1. The fraction of sp³-hybridized carbons (Fsp3) is 0.417. The van der Waals surface area contributed by atoms with Gasteiger partial charge in [0.05, 0.1) is 21.0 Å². The van der Waals surface area contributed by atoms with E-state index in [1.807, 2.05) is 6.92 Å². The highest BCUT2D eigenvalue weighted by molar-refractivity contribution is 7.98. The van der Waals surface area contributed by atoms with Crippen LogP contribution < -0.4 is 4.80 Å². The molecule has 1 fully saturated rings. The first-order chi connectivity index (χ1) is 15.8. The van der Waals surface area contributed by atoms with Gasteiger partial charge in [0.1, 0.15) is 0 Å². The topological polar surface area (TPSA) is 71.7 Å². The molecule has 2 heterocycles. The highest BCUT2D eigenvalue weighted by atomic mass is 32.2. The van der Waals surface area contributed by atoms with Crippen LogP contribution in [-0.4, -0.2) is 48.3 Å². The second-order valence-electron chi connectivity index (χ2n) is 8.47. The lowest BCUT2D eigenvalue weighted by Crippen LogP contribution is -2.42. The van der Waals surface area contributed by atoms with Gasteiger partial charge in [0, 0.05) is 25.4 Å². The summed E-state index contributed by atoms with van der Waals surface area (Å²) in [6, 6.07) is 13.1. The minimum atomic E-state index is -3.63. The molecule has 0 spiro atoms. The molecule has 1 aliphatic heterocycles. The zero-order valence-corrected chi connectivity index (χ0v) is 21.6. The molecule has 1 saturated heterocycles. The minimum absolute atomic E-state index is 0.174. The number of hydrogen-bond donors (Lipinski definition) is 0. The quantitative estimate of drug-likeness (QED) is 0.505. The van der Waals surface area contributed by atoms with Crippen LogP contribution in [0.3, 0.4) is 0 Å². The first-order valence-electron chi connectivity index (χ1n) is 11.0. The number of aromatic nitrogens is 1. The summed E-state index contributed by atoms with van der Waals surface area (Å²) in [6.45, 7) is 5.35. The van der Waals surface area contributed by atoms with Gasteiger partial charge < -0.3 is 4.57 Å². The largest absolute Gasteiger partial charge is 0.316 e. The summed E-state index contributed by atoms with van der Waals surface area (Å²) in [5.74, 6) is 0.257. The van der Waals surface area contributed by atoms with Crippen LogP contribution in [0.25, 0.3) is 10.2 Å². The Kier molecular flexibility index (Phi) is 7.43. The summed E-state index contributed by atoms with van der Waals surface area (Å²) >= 11 is 3.27. The Bertz CT molecular complexity index is 1320. The molecule has 9 heteroatoms. The fourth-order valence-electron chi connectivity index (χ4n) is 4.07. The van der Waals surface area contributed by atoms with Crippen molar-refractivity contribution in [2.45, 2.75) is 38.1 Å². The van der Waals surface area contributed by atoms with Crippen LogP contribution >= 0.6 is 23.1 Å². The predicted octanol–water partition coefficient (Wildman–Crippen LogP) is 4.21. The van der Waals surface area contributed by atoms with E-state index in [-0.39, 0.29) is 17.3 Å². The van der Waals surface area contributed by atoms with Gasteiger partial charge in [0.2, 0.25) is 10.0 Å². The number of hydrogen-bond acceptors (Lipinski definition) is 5. The number of rotatable bonds is 6. The van der Waals surface area contributed by atoms with Crippen molar-refractivity contribution in [3.05, 3.63) is 58.4 Å². The molecule has 0 aliphatic carbocycles. The van der Waals surface area contributed by atoms with Gasteiger partial charge in [-0.05, 0) is 62.8 Å². The Morgan fingerprint density at radius 1 is 1.15 bits per heavy atom. The summed E-state index contributed by atoms with van der Waals surface area (Å²) in [5, 5.41) is 0. The summed E-state index contributed by atoms with van der Waals surface area (Å²) in [6.07, 6.45) is 3.36. The Morgan fingerprint density at radius 3 is 2.61 bits per heavy atom. The van der Waals surface area contributed by atoms with Crippen molar-refractivity contribution in [3.63, 3.8) is 0 Å². The van der Waals surface area contributed by atoms with Gasteiger partial charge >= 0.3 is 0 Å². The Morgan fingerprint density at radius 2 is 1.88 bits per heavy atom. The molecule has 2 aromatic carbocycles. The first-order valence-corrected chi connectivity index (χ1v) is 14.7. The SMILES string of the molecule is CSCCn1c(=NC(=O)C2CCCN(S(=O)(=O)c3ccc(C)cc3)C2)sc2cc(C)ccc21. The zero-order chi connectivity index (χ0) is 23.6. The molecule has 1 unspecified atom stereocenters. The third kappa shape index (κ3) is 5.26. The molecule has 0 bridgehead atoms. The predicted molar refractivity (Wildman–Crippen MR) is 136 cm³/mol. The number of benzene rings is 2. The van der Waals surface area contributed by atoms with E-state index in [1.54, 1.807) is 36.0 Å². The Balaban J connectivity index is 1.62. The molecule has 3 aromatic rings. The van der Waals surface area contributed by atoms with Crippen LogP contribution in [0.15, 0.2) is 52.4 Å². The Hall–Kier alpha value is -1.94. The van der Waals surface area contributed by atoms with E-state index in [1.165, 1.54) is 21.2 Å². The number of sulfonamides is 1. The van der Waals surface area contributed by atoms with E-state index in [0.717, 1.165) is 28.1 Å². The highest BCUT2D eigenvalue weighted by Crippen LogP contribution is 2.25. The molecule has 0 radical (unpaired) electrons. The number of piperidine rings is 1. The number of amides is 1. The molecule has 0 saturated carbocycles. The van der Waals surface area contributed by atoms with Crippen molar-refractivity contribution in [1.82, 2.24) is 8.87 Å². The first kappa shape index (κ1) is 24.2. The van der Waals surface area contributed by atoms with Crippen LogP contribution in [0, 0.1) is 19.8 Å². The number of thioether (sulfide) groups is 1. The van der Waals surface area contributed by atoms with Gasteiger partial charge in [0.15, 0.2) is 4.80 Å². The molecule has 176 valence electrons. The third-order valence-corrected chi connectivity index (χ3v) is 9.47. The maximum atomic E-state index is 13.2. The minimum Gasteiger partial charge on any atom is -0.316 e. The van der Waals surface area contributed by atoms with E-state index in [0.29, 0.717) is 24.2 Å². The van der Waals surface area contributed by atoms with Crippen molar-refractivity contribution in [2.75, 3.05) is 25.1 Å². The molecule has 1 atom stereocenters. The van der Waals surface area contributed by atoms with E-state index in [9.17, 15) is 13.2 Å². The molecular weight excluding hydrogens is 474 g/mol. The van der Waals surface area contributed by atoms with Crippen LogP contribution in [0.1, 0.15) is 24.0 Å². The molecular formula is C24H29N3O3S3. The monoisotopic (exact) mass is 503 g/mol. The number of carbonyl (C=O) groups excluding carboxylic acids is 1. The molecule has 1 aromatic heterocycles. The third-order valence-electron chi connectivity index (χ3n) is 5.96. The number of aryl methyl sites for hydroxylation is 3. The van der Waals surface area contributed by atoms with Gasteiger partial charge in [-0.2, -0.15) is 21.1 Å².